The largest absolute Gasteiger partial charge is 0.466 e. The van der Waals surface area contributed by atoms with Crippen LogP contribution in [0, 0.1) is 0 Å². The molecule has 82 heavy (non-hydrogen) atoms. The summed E-state index contributed by atoms with van der Waals surface area (Å²) in [5.41, 5.74) is 0. The second-order valence-electron chi connectivity index (χ2n) is 25.6. The quantitative estimate of drug-likeness (QED) is 0.0320. The van der Waals surface area contributed by atoms with Gasteiger partial charge in [0.2, 0.25) is 5.91 Å². The third-order valence-electron chi connectivity index (χ3n) is 17.4. The lowest BCUT2D eigenvalue weighted by Gasteiger charge is -2.22. The molecular weight excluding hydrogens is 1010 g/mol. The predicted octanol–water partition coefficient (Wildman–Crippen LogP) is 24.3. The molecule has 6 heteroatoms. The van der Waals surface area contributed by atoms with Crippen LogP contribution in [0.2, 0.25) is 0 Å². The summed E-state index contributed by atoms with van der Waals surface area (Å²) in [6.07, 6.45) is 92.1. The number of amides is 1. The lowest BCUT2D eigenvalue weighted by Crippen LogP contribution is -2.45. The molecule has 0 aromatic rings. The van der Waals surface area contributed by atoms with E-state index in [4.69, 9.17) is 4.74 Å². The van der Waals surface area contributed by atoms with Crippen molar-refractivity contribution in [2.45, 2.75) is 424 Å². The molecular formula is C76H145NO5. The Morgan fingerprint density at radius 1 is 0.341 bits per heavy atom. The number of allylic oxidation sites excluding steroid dienone is 6. The lowest BCUT2D eigenvalue weighted by molar-refractivity contribution is -0.143. The van der Waals surface area contributed by atoms with Crippen molar-refractivity contribution in [1.29, 1.82) is 0 Å². The fourth-order valence-corrected chi connectivity index (χ4v) is 11.7. The van der Waals surface area contributed by atoms with E-state index >= 15 is 0 Å². The monoisotopic (exact) mass is 1150 g/mol. The van der Waals surface area contributed by atoms with Crippen molar-refractivity contribution in [2.24, 2.45) is 0 Å². The summed E-state index contributed by atoms with van der Waals surface area (Å²) in [5, 5.41) is 23.4. The summed E-state index contributed by atoms with van der Waals surface area (Å²) in [5.74, 6) is -0.0251. The van der Waals surface area contributed by atoms with Crippen molar-refractivity contribution in [1.82, 2.24) is 5.32 Å². The molecule has 0 rings (SSSR count). The van der Waals surface area contributed by atoms with Crippen LogP contribution in [-0.2, 0) is 14.3 Å². The first-order chi connectivity index (χ1) is 40.5. The zero-order valence-electron chi connectivity index (χ0n) is 55.5. The third-order valence-corrected chi connectivity index (χ3v) is 17.4. The van der Waals surface area contributed by atoms with Crippen LogP contribution in [0.15, 0.2) is 36.5 Å². The minimum absolute atomic E-state index is 0.00350. The van der Waals surface area contributed by atoms with E-state index in [1.54, 1.807) is 0 Å². The van der Waals surface area contributed by atoms with Gasteiger partial charge in [0, 0.05) is 12.8 Å². The fraction of sp³-hybridized carbons (Fsp3) is 0.895. The van der Waals surface area contributed by atoms with Crippen LogP contribution >= 0.6 is 0 Å². The highest BCUT2D eigenvalue weighted by atomic mass is 16.5. The summed E-state index contributed by atoms with van der Waals surface area (Å²) in [6.45, 7) is 4.95. The molecule has 6 nitrogen and oxygen atoms in total. The molecule has 0 bridgehead atoms. The van der Waals surface area contributed by atoms with Crippen LogP contribution < -0.4 is 5.32 Å². The van der Waals surface area contributed by atoms with Crippen molar-refractivity contribution >= 4 is 11.9 Å². The van der Waals surface area contributed by atoms with Crippen molar-refractivity contribution in [3.05, 3.63) is 36.5 Å². The van der Waals surface area contributed by atoms with E-state index in [1.807, 2.05) is 0 Å². The average Bonchev–Trinajstić information content (AvgIpc) is 3.48. The van der Waals surface area contributed by atoms with Gasteiger partial charge in [-0.05, 0) is 77.0 Å². The Balaban J connectivity index is 3.37. The van der Waals surface area contributed by atoms with Crippen molar-refractivity contribution in [3.63, 3.8) is 0 Å². The van der Waals surface area contributed by atoms with Crippen molar-refractivity contribution < 1.29 is 24.5 Å². The van der Waals surface area contributed by atoms with Crippen LogP contribution in [0.25, 0.3) is 0 Å². The van der Waals surface area contributed by atoms with Crippen molar-refractivity contribution in [2.75, 3.05) is 13.2 Å². The molecule has 0 aromatic heterocycles. The number of aliphatic hydroxyl groups is 2. The smallest absolute Gasteiger partial charge is 0.305 e. The lowest BCUT2D eigenvalue weighted by atomic mass is 10.0. The van der Waals surface area contributed by atoms with E-state index in [0.717, 1.165) is 51.4 Å². The molecule has 0 aliphatic heterocycles. The molecule has 0 aliphatic rings. The van der Waals surface area contributed by atoms with Gasteiger partial charge in [0.1, 0.15) is 0 Å². The molecule has 2 atom stereocenters. The first-order valence-electron chi connectivity index (χ1n) is 37.2. The van der Waals surface area contributed by atoms with Crippen LogP contribution in [-0.4, -0.2) is 47.4 Å². The van der Waals surface area contributed by atoms with Gasteiger partial charge in [-0.2, -0.15) is 0 Å². The van der Waals surface area contributed by atoms with Gasteiger partial charge in [-0.25, -0.2) is 0 Å². The Kier molecular flexibility index (Phi) is 69.9. The van der Waals surface area contributed by atoms with Gasteiger partial charge in [0.15, 0.2) is 0 Å². The summed E-state index contributed by atoms with van der Waals surface area (Å²) < 4.78 is 5.48. The molecule has 0 aliphatic carbocycles. The highest BCUT2D eigenvalue weighted by molar-refractivity contribution is 5.76. The van der Waals surface area contributed by atoms with Gasteiger partial charge in [-0.1, -0.05) is 359 Å². The normalized spacial score (nSPS) is 12.7. The summed E-state index contributed by atoms with van der Waals surface area (Å²) in [4.78, 5) is 24.6. The van der Waals surface area contributed by atoms with Gasteiger partial charge < -0.3 is 20.3 Å². The number of nitrogens with one attached hydrogen (secondary N) is 1. The highest BCUT2D eigenvalue weighted by Gasteiger charge is 2.20. The first kappa shape index (κ1) is 80.1. The van der Waals surface area contributed by atoms with Crippen LogP contribution in [0.3, 0.4) is 0 Å². The Morgan fingerprint density at radius 3 is 0.976 bits per heavy atom. The number of rotatable bonds is 70. The Hall–Kier alpha value is -1.92. The number of hydrogen-bond acceptors (Lipinski definition) is 5. The van der Waals surface area contributed by atoms with E-state index in [1.165, 1.54) is 327 Å². The molecule has 1 amide bonds. The Labute approximate surface area is 513 Å². The van der Waals surface area contributed by atoms with E-state index in [2.05, 4.69) is 55.6 Å². The topological polar surface area (TPSA) is 95.9 Å². The molecule has 0 radical (unpaired) electrons. The molecule has 0 fully saturated rings. The standard InChI is InChI=1S/C76H145NO5/c1-3-5-7-9-11-13-15-17-19-20-21-35-38-41-44-48-52-56-60-64-68-74(79)73(72-78)77-75(80)69-65-61-57-53-49-45-42-39-36-33-31-29-27-25-23-22-24-26-28-30-32-34-37-40-43-47-51-55-59-63-67-71-82-76(81)70-66-62-58-54-50-46-18-16-14-12-10-8-6-4-2/h10,12,16,18,24,26,73-74,78-79H,3-9,11,13-15,17,19-23,25,27-72H2,1-2H3,(H,77,80)/b12-10-,18-16-,26-24-. The molecule has 2 unspecified atom stereocenters. The van der Waals surface area contributed by atoms with E-state index < -0.39 is 12.1 Å². The van der Waals surface area contributed by atoms with Gasteiger partial charge in [-0.3, -0.25) is 9.59 Å². The molecule has 0 spiro atoms. The zero-order chi connectivity index (χ0) is 59.2. The summed E-state index contributed by atoms with van der Waals surface area (Å²) >= 11 is 0. The van der Waals surface area contributed by atoms with E-state index in [0.29, 0.717) is 25.9 Å². The maximum absolute atomic E-state index is 12.6. The SMILES string of the molecule is CCCC/C=C\C/C=C\CCCCCCCC(=O)OCCCCCCCCCCCCCC/C=C\CCCCCCCCCCCCCCCCCC(=O)NC(CO)C(O)CCCCCCCCCCCCCCCCCCCCCC. The molecule has 484 valence electrons. The zero-order valence-corrected chi connectivity index (χ0v) is 55.5. The summed E-state index contributed by atoms with van der Waals surface area (Å²) in [6, 6.07) is -0.541. The Bertz CT molecular complexity index is 1330. The van der Waals surface area contributed by atoms with Gasteiger partial charge in [0.25, 0.3) is 0 Å². The number of aliphatic hydroxyl groups excluding tert-OH is 2. The van der Waals surface area contributed by atoms with E-state index in [-0.39, 0.29) is 18.5 Å². The maximum Gasteiger partial charge on any atom is 0.305 e. The number of ether oxygens (including phenoxy) is 1. The average molecular weight is 1150 g/mol. The van der Waals surface area contributed by atoms with E-state index in [9.17, 15) is 19.8 Å². The second kappa shape index (κ2) is 71.6. The highest BCUT2D eigenvalue weighted by Crippen LogP contribution is 2.19. The number of carbonyl (C=O) groups is 2. The number of unbranched alkanes of at least 4 members (excludes halogenated alkanes) is 53. The van der Waals surface area contributed by atoms with Gasteiger partial charge in [-0.15, -0.1) is 0 Å². The number of esters is 1. The summed E-state index contributed by atoms with van der Waals surface area (Å²) in [7, 11) is 0. The minimum Gasteiger partial charge on any atom is -0.466 e. The minimum atomic E-state index is -0.664. The van der Waals surface area contributed by atoms with Crippen LogP contribution in [0.1, 0.15) is 412 Å². The first-order valence-corrected chi connectivity index (χ1v) is 37.2. The predicted molar refractivity (Wildman–Crippen MR) is 361 cm³/mol. The molecule has 0 heterocycles. The van der Waals surface area contributed by atoms with Crippen LogP contribution in [0.4, 0.5) is 0 Å². The van der Waals surface area contributed by atoms with Crippen molar-refractivity contribution in [3.8, 4) is 0 Å². The Morgan fingerprint density at radius 2 is 0.622 bits per heavy atom. The van der Waals surface area contributed by atoms with Gasteiger partial charge >= 0.3 is 5.97 Å². The number of hydrogen-bond donors (Lipinski definition) is 3. The third kappa shape index (κ3) is 67.2. The number of carbonyl (C=O) groups excluding carboxylic acids is 2. The fourth-order valence-electron chi connectivity index (χ4n) is 11.7. The molecule has 0 aromatic carbocycles. The maximum atomic E-state index is 12.6. The molecule has 3 N–H and O–H groups in total. The van der Waals surface area contributed by atoms with Gasteiger partial charge in [0.05, 0.1) is 25.4 Å². The molecule has 0 saturated carbocycles. The molecule has 0 saturated heterocycles. The second-order valence-corrected chi connectivity index (χ2v) is 25.6. The van der Waals surface area contributed by atoms with Crippen LogP contribution in [0.5, 0.6) is 0 Å².